The lowest BCUT2D eigenvalue weighted by atomic mass is 9.87. The Morgan fingerprint density at radius 1 is 0.919 bits per heavy atom. The van der Waals surface area contributed by atoms with Crippen molar-refractivity contribution in [3.05, 3.63) is 89.6 Å². The van der Waals surface area contributed by atoms with Crippen molar-refractivity contribution >= 4 is 16.8 Å². The van der Waals surface area contributed by atoms with Gasteiger partial charge in [-0.05, 0) is 60.4 Å². The van der Waals surface area contributed by atoms with Crippen molar-refractivity contribution in [2.75, 3.05) is 34.9 Å². The predicted molar refractivity (Wildman–Crippen MR) is 148 cm³/mol. The number of amides is 1. The second-order valence-electron chi connectivity index (χ2n) is 9.18. The molecule has 0 unspecified atom stereocenters. The average Bonchev–Trinajstić information content (AvgIpc) is 3.32. The Bertz CT molecular complexity index is 1360. The Morgan fingerprint density at radius 3 is 2.43 bits per heavy atom. The third-order valence-electron chi connectivity index (χ3n) is 7.02. The van der Waals surface area contributed by atoms with Crippen LogP contribution in [0, 0.1) is 0 Å². The van der Waals surface area contributed by atoms with Crippen molar-refractivity contribution < 1.29 is 19.0 Å². The van der Waals surface area contributed by atoms with Gasteiger partial charge < -0.3 is 23.7 Å². The van der Waals surface area contributed by atoms with Crippen LogP contribution in [0.25, 0.3) is 10.9 Å². The zero-order valence-corrected chi connectivity index (χ0v) is 22.4. The Balaban J connectivity index is 1.59. The summed E-state index contributed by atoms with van der Waals surface area (Å²) in [6, 6.07) is 22.3. The summed E-state index contributed by atoms with van der Waals surface area (Å²) < 4.78 is 18.5. The molecule has 0 spiro atoms. The Labute approximate surface area is 219 Å². The molecule has 6 nitrogen and oxygen atoms in total. The molecule has 0 aliphatic heterocycles. The van der Waals surface area contributed by atoms with E-state index in [0.717, 1.165) is 35.4 Å². The van der Waals surface area contributed by atoms with E-state index in [1.807, 2.05) is 48.3 Å². The van der Waals surface area contributed by atoms with Crippen LogP contribution < -0.4 is 14.2 Å². The van der Waals surface area contributed by atoms with E-state index >= 15 is 0 Å². The fraction of sp³-hybridized carbons (Fsp3) is 0.323. The minimum absolute atomic E-state index is 0.0937. The molecule has 0 saturated carbocycles. The summed E-state index contributed by atoms with van der Waals surface area (Å²) in [6.07, 6.45) is 3.29. The Hall–Kier alpha value is -3.93. The number of hydrogen-bond acceptors (Lipinski definition) is 4. The molecule has 0 aliphatic rings. The van der Waals surface area contributed by atoms with Gasteiger partial charge in [0.15, 0.2) is 11.5 Å². The number of methoxy groups -OCH3 is 3. The summed E-state index contributed by atoms with van der Waals surface area (Å²) in [5.41, 5.74) is 4.50. The zero-order chi connectivity index (χ0) is 26.4. The molecule has 3 aromatic carbocycles. The minimum Gasteiger partial charge on any atom is -0.497 e. The smallest absolute Gasteiger partial charge is 0.223 e. The molecule has 0 fully saturated rings. The molecule has 194 valence electrons. The topological polar surface area (TPSA) is 52.9 Å². The highest BCUT2D eigenvalue weighted by Gasteiger charge is 2.24. The summed E-state index contributed by atoms with van der Waals surface area (Å²) in [5.74, 6) is 2.18. The van der Waals surface area contributed by atoms with E-state index in [1.54, 1.807) is 21.3 Å². The first-order chi connectivity index (χ1) is 18.0. The zero-order valence-electron chi connectivity index (χ0n) is 22.4. The monoisotopic (exact) mass is 500 g/mol. The molecule has 0 radical (unpaired) electrons. The van der Waals surface area contributed by atoms with Crippen LogP contribution in [0.15, 0.2) is 72.9 Å². The first kappa shape index (κ1) is 26.1. The molecule has 6 heteroatoms. The molecule has 1 atom stereocenters. The van der Waals surface area contributed by atoms with E-state index in [1.165, 1.54) is 10.9 Å². The van der Waals surface area contributed by atoms with E-state index in [-0.39, 0.29) is 11.8 Å². The lowest BCUT2D eigenvalue weighted by Crippen LogP contribution is -2.30. The van der Waals surface area contributed by atoms with Gasteiger partial charge in [-0.2, -0.15) is 0 Å². The van der Waals surface area contributed by atoms with Crippen molar-refractivity contribution in [3.63, 3.8) is 0 Å². The molecule has 4 aromatic rings. The summed E-state index contributed by atoms with van der Waals surface area (Å²) >= 11 is 0. The number of fused-ring (bicyclic) bond motifs is 1. The number of aromatic nitrogens is 1. The van der Waals surface area contributed by atoms with Gasteiger partial charge in [0.2, 0.25) is 5.91 Å². The van der Waals surface area contributed by atoms with Crippen LogP contribution in [0.3, 0.4) is 0 Å². The first-order valence-corrected chi connectivity index (χ1v) is 12.7. The van der Waals surface area contributed by atoms with E-state index in [9.17, 15) is 4.79 Å². The Kier molecular flexibility index (Phi) is 8.39. The quantitative estimate of drug-likeness (QED) is 0.257. The standard InChI is InChI=1S/C31H36N2O4/c1-6-33-21-27(25-12-7-8-13-28(25)33)26(23-10-9-11-24(19-23)35-3)20-31(34)32(2)17-16-22-14-15-29(36-4)30(18-22)37-5/h7-15,18-19,21,26H,6,16-17,20H2,1-5H3/t26-/m1/s1. The molecular weight excluding hydrogens is 464 g/mol. The molecule has 37 heavy (non-hydrogen) atoms. The normalized spacial score (nSPS) is 11.8. The minimum atomic E-state index is -0.0937. The largest absolute Gasteiger partial charge is 0.497 e. The maximum absolute atomic E-state index is 13.6. The number of para-hydroxylation sites is 1. The molecule has 1 heterocycles. The molecule has 1 aromatic heterocycles. The maximum atomic E-state index is 13.6. The fourth-order valence-electron chi connectivity index (χ4n) is 4.87. The number of aryl methyl sites for hydroxylation is 1. The van der Waals surface area contributed by atoms with Crippen LogP contribution >= 0.6 is 0 Å². The number of benzene rings is 3. The van der Waals surface area contributed by atoms with Gasteiger partial charge in [-0.25, -0.2) is 0 Å². The number of likely N-dealkylation sites (N-methyl/N-ethyl adjacent to an activating group) is 1. The molecule has 0 aliphatic carbocycles. The summed E-state index contributed by atoms with van der Waals surface area (Å²) in [4.78, 5) is 15.4. The Morgan fingerprint density at radius 2 is 1.70 bits per heavy atom. The van der Waals surface area contributed by atoms with Gasteiger partial charge >= 0.3 is 0 Å². The maximum Gasteiger partial charge on any atom is 0.223 e. The second kappa shape index (κ2) is 11.9. The fourth-order valence-corrected chi connectivity index (χ4v) is 4.87. The summed E-state index contributed by atoms with van der Waals surface area (Å²) in [5, 5.41) is 1.18. The van der Waals surface area contributed by atoms with E-state index < -0.39 is 0 Å². The number of ether oxygens (including phenoxy) is 3. The van der Waals surface area contributed by atoms with Crippen molar-refractivity contribution in [2.24, 2.45) is 0 Å². The van der Waals surface area contributed by atoms with E-state index in [2.05, 4.69) is 48.0 Å². The number of rotatable bonds is 11. The molecule has 0 bridgehead atoms. The van der Waals surface area contributed by atoms with Crippen LogP contribution in [-0.4, -0.2) is 50.3 Å². The van der Waals surface area contributed by atoms with Gasteiger partial charge in [-0.3, -0.25) is 4.79 Å². The van der Waals surface area contributed by atoms with Gasteiger partial charge in [0.1, 0.15) is 5.75 Å². The third kappa shape index (κ3) is 5.74. The lowest BCUT2D eigenvalue weighted by Gasteiger charge is -2.23. The predicted octanol–water partition coefficient (Wildman–Crippen LogP) is 5.91. The number of nitrogens with zero attached hydrogens (tertiary/aromatic N) is 2. The van der Waals surface area contributed by atoms with Crippen molar-refractivity contribution in [3.8, 4) is 17.2 Å². The number of hydrogen-bond donors (Lipinski definition) is 0. The van der Waals surface area contributed by atoms with Crippen LogP contribution in [0.5, 0.6) is 17.2 Å². The van der Waals surface area contributed by atoms with Gasteiger partial charge in [-0.1, -0.05) is 36.4 Å². The highest BCUT2D eigenvalue weighted by atomic mass is 16.5. The molecule has 0 saturated heterocycles. The SMILES string of the molecule is CCn1cc([C@H](CC(=O)N(C)CCc2ccc(OC)c(OC)c2)c2cccc(OC)c2)c2ccccc21. The van der Waals surface area contributed by atoms with Crippen LogP contribution in [0.1, 0.15) is 36.0 Å². The van der Waals surface area contributed by atoms with Crippen molar-refractivity contribution in [1.29, 1.82) is 0 Å². The van der Waals surface area contributed by atoms with Gasteiger partial charge in [0, 0.05) is 49.6 Å². The number of carbonyl (C=O) groups is 1. The van der Waals surface area contributed by atoms with Gasteiger partial charge in [-0.15, -0.1) is 0 Å². The van der Waals surface area contributed by atoms with Crippen molar-refractivity contribution in [2.45, 2.75) is 32.2 Å². The van der Waals surface area contributed by atoms with Gasteiger partial charge in [0.05, 0.1) is 21.3 Å². The van der Waals surface area contributed by atoms with E-state index in [0.29, 0.717) is 24.5 Å². The van der Waals surface area contributed by atoms with Crippen molar-refractivity contribution in [1.82, 2.24) is 9.47 Å². The molecule has 0 N–H and O–H groups in total. The second-order valence-corrected chi connectivity index (χ2v) is 9.18. The number of carbonyl (C=O) groups excluding carboxylic acids is 1. The highest BCUT2D eigenvalue weighted by Crippen LogP contribution is 2.36. The van der Waals surface area contributed by atoms with Crippen LogP contribution in [-0.2, 0) is 17.8 Å². The van der Waals surface area contributed by atoms with E-state index in [4.69, 9.17) is 14.2 Å². The third-order valence-corrected chi connectivity index (χ3v) is 7.02. The summed E-state index contributed by atoms with van der Waals surface area (Å²) in [7, 11) is 6.80. The molecule has 4 rings (SSSR count). The summed E-state index contributed by atoms with van der Waals surface area (Å²) in [6.45, 7) is 3.62. The first-order valence-electron chi connectivity index (χ1n) is 12.7. The van der Waals surface area contributed by atoms with Gasteiger partial charge in [0.25, 0.3) is 0 Å². The van der Waals surface area contributed by atoms with Crippen LogP contribution in [0.2, 0.25) is 0 Å². The average molecular weight is 501 g/mol. The molecule has 1 amide bonds. The molecular formula is C31H36N2O4. The van der Waals surface area contributed by atoms with Crippen LogP contribution in [0.4, 0.5) is 0 Å². The lowest BCUT2D eigenvalue weighted by molar-refractivity contribution is -0.130. The highest BCUT2D eigenvalue weighted by molar-refractivity contribution is 5.86.